The lowest BCUT2D eigenvalue weighted by Gasteiger charge is -2.44. The summed E-state index contributed by atoms with van der Waals surface area (Å²) in [5, 5.41) is 4.66. The third-order valence-electron chi connectivity index (χ3n) is 7.69. The van der Waals surface area contributed by atoms with E-state index < -0.39 is 5.92 Å². The number of Topliss-reactive ketones (excluding diaryl/α,β-unsaturated/α-hetero) is 2. The Balaban J connectivity index is 1.59. The van der Waals surface area contributed by atoms with Gasteiger partial charge in [-0.1, -0.05) is 57.0 Å². The topological polar surface area (TPSA) is 64.6 Å². The molecule has 1 heterocycles. The highest BCUT2D eigenvalue weighted by molar-refractivity contribution is 14.1. The highest BCUT2D eigenvalue weighted by Gasteiger charge is 2.46. The van der Waals surface area contributed by atoms with Crippen molar-refractivity contribution in [1.82, 2.24) is 5.32 Å². The molecule has 8 heteroatoms. The molecule has 0 amide bonds. The summed E-state index contributed by atoms with van der Waals surface area (Å²) in [6, 6.07) is 9.21. The molecule has 0 spiro atoms. The lowest BCUT2D eigenvalue weighted by atomic mass is 9.64. The lowest BCUT2D eigenvalue weighted by molar-refractivity contribution is -0.119. The summed E-state index contributed by atoms with van der Waals surface area (Å²) in [6.07, 6.45) is 2.41. The average molecular weight is 680 g/mol. The second kappa shape index (κ2) is 10.4. The molecule has 0 saturated carbocycles. The number of ketones is 2. The van der Waals surface area contributed by atoms with E-state index in [1.807, 2.05) is 18.2 Å². The molecule has 5 nitrogen and oxygen atoms in total. The van der Waals surface area contributed by atoms with Gasteiger partial charge in [-0.3, -0.25) is 9.59 Å². The third kappa shape index (κ3) is 5.62. The first kappa shape index (κ1) is 28.5. The highest BCUT2D eigenvalue weighted by atomic mass is 127. The first-order valence-corrected chi connectivity index (χ1v) is 14.9. The second-order valence-corrected chi connectivity index (χ2v) is 14.3. The minimum atomic E-state index is -0.439. The summed E-state index contributed by atoms with van der Waals surface area (Å²) in [6.45, 7) is 8.72. The molecule has 3 aliphatic rings. The number of carbonyl (C=O) groups excluding carboxylic acids is 2. The molecular weight excluding hydrogens is 648 g/mol. The van der Waals surface area contributed by atoms with Crippen molar-refractivity contribution in [2.75, 3.05) is 7.11 Å². The van der Waals surface area contributed by atoms with Crippen LogP contribution in [0.4, 0.5) is 0 Å². The molecule has 2 aliphatic carbocycles. The van der Waals surface area contributed by atoms with Crippen molar-refractivity contribution >= 4 is 57.4 Å². The molecule has 0 atom stereocenters. The molecule has 0 fully saturated rings. The molecule has 39 heavy (non-hydrogen) atoms. The second-order valence-electron chi connectivity index (χ2n) is 12.3. The van der Waals surface area contributed by atoms with Crippen molar-refractivity contribution in [2.45, 2.75) is 65.9 Å². The molecule has 2 aromatic carbocycles. The Hall–Kier alpha value is -2.03. The highest BCUT2D eigenvalue weighted by Crippen LogP contribution is 2.52. The number of allylic oxidation sites excluding steroid dienone is 4. The van der Waals surface area contributed by atoms with E-state index in [0.29, 0.717) is 45.5 Å². The molecule has 1 aliphatic heterocycles. The van der Waals surface area contributed by atoms with Crippen molar-refractivity contribution in [3.05, 3.63) is 77.6 Å². The standard InChI is InChI=1S/C31H32Cl2INO4/c1-30(2)11-21-27(23(36)13-30)26(28-22(35-21)12-31(3,4)14-24(28)37)17-8-20(34)29(25(9-17)38-5)39-15-16-6-7-18(32)10-19(16)33/h6-10,26,35H,11-15H2,1-5H3. The molecule has 0 saturated heterocycles. The maximum atomic E-state index is 13.6. The van der Waals surface area contributed by atoms with Crippen LogP contribution in [0.1, 0.15) is 70.4 Å². The van der Waals surface area contributed by atoms with Gasteiger partial charge in [0.1, 0.15) is 6.61 Å². The molecule has 0 aromatic heterocycles. The summed E-state index contributed by atoms with van der Waals surface area (Å²) < 4.78 is 12.8. The summed E-state index contributed by atoms with van der Waals surface area (Å²) in [4.78, 5) is 27.3. The molecule has 5 rings (SSSR count). The van der Waals surface area contributed by atoms with Crippen LogP contribution in [0.3, 0.4) is 0 Å². The number of nitrogens with one attached hydrogen (secondary N) is 1. The SMILES string of the molecule is COc1cc(C2C3=C(CC(C)(C)CC3=O)NC3=C2C(=O)CC(C)(C)C3)cc(I)c1OCc1ccc(Cl)cc1Cl. The Morgan fingerprint density at radius 2 is 1.51 bits per heavy atom. The number of benzene rings is 2. The van der Waals surface area contributed by atoms with Crippen LogP contribution in [0, 0.1) is 14.4 Å². The van der Waals surface area contributed by atoms with Crippen molar-refractivity contribution in [3.63, 3.8) is 0 Å². The van der Waals surface area contributed by atoms with E-state index in [1.54, 1.807) is 19.2 Å². The molecule has 0 bridgehead atoms. The lowest BCUT2D eigenvalue weighted by Crippen LogP contribution is -2.42. The van der Waals surface area contributed by atoms with E-state index in [-0.39, 0.29) is 29.0 Å². The number of halogens is 3. The van der Waals surface area contributed by atoms with Crippen LogP contribution < -0.4 is 14.8 Å². The van der Waals surface area contributed by atoms with E-state index in [1.165, 1.54) is 0 Å². The van der Waals surface area contributed by atoms with Gasteiger partial charge in [0.2, 0.25) is 0 Å². The maximum absolute atomic E-state index is 13.6. The first-order valence-electron chi connectivity index (χ1n) is 13.0. The Morgan fingerprint density at radius 3 is 2.05 bits per heavy atom. The van der Waals surface area contributed by atoms with Gasteiger partial charge >= 0.3 is 0 Å². The minimum Gasteiger partial charge on any atom is -0.493 e. The van der Waals surface area contributed by atoms with E-state index in [2.05, 4.69) is 55.6 Å². The quantitative estimate of drug-likeness (QED) is 0.323. The van der Waals surface area contributed by atoms with E-state index in [0.717, 1.165) is 38.9 Å². The number of carbonyl (C=O) groups is 2. The Bertz CT molecular complexity index is 1400. The molecule has 0 unspecified atom stereocenters. The normalized spacial score (nSPS) is 20.4. The Labute approximate surface area is 253 Å². The number of dihydropyridines is 1. The van der Waals surface area contributed by atoms with Crippen LogP contribution in [0.25, 0.3) is 0 Å². The fraction of sp³-hybridized carbons (Fsp3) is 0.419. The fourth-order valence-electron chi connectivity index (χ4n) is 6.06. The van der Waals surface area contributed by atoms with Crippen molar-refractivity contribution in [1.29, 1.82) is 0 Å². The summed E-state index contributed by atoms with van der Waals surface area (Å²) in [5.41, 5.74) is 4.67. The van der Waals surface area contributed by atoms with Crippen LogP contribution >= 0.6 is 45.8 Å². The number of ether oxygens (including phenoxy) is 2. The maximum Gasteiger partial charge on any atom is 0.174 e. The number of methoxy groups -OCH3 is 1. The Kier molecular flexibility index (Phi) is 7.61. The average Bonchev–Trinajstić information content (AvgIpc) is 2.81. The molecular formula is C31H32Cl2INO4. The summed E-state index contributed by atoms with van der Waals surface area (Å²) >= 11 is 14.6. The van der Waals surface area contributed by atoms with Gasteiger partial charge in [0.15, 0.2) is 23.1 Å². The zero-order valence-corrected chi connectivity index (χ0v) is 26.4. The predicted octanol–water partition coefficient (Wildman–Crippen LogP) is 8.16. The van der Waals surface area contributed by atoms with E-state index >= 15 is 0 Å². The molecule has 2 aromatic rings. The summed E-state index contributed by atoms with van der Waals surface area (Å²) in [5.74, 6) is 0.865. The smallest absolute Gasteiger partial charge is 0.174 e. The monoisotopic (exact) mass is 679 g/mol. The molecule has 0 radical (unpaired) electrons. The van der Waals surface area contributed by atoms with Gasteiger partial charge < -0.3 is 14.8 Å². The van der Waals surface area contributed by atoms with Crippen LogP contribution in [-0.2, 0) is 16.2 Å². The Morgan fingerprint density at radius 1 is 0.923 bits per heavy atom. The van der Waals surface area contributed by atoms with Gasteiger partial charge in [-0.05, 0) is 76.1 Å². The molecule has 1 N–H and O–H groups in total. The first-order chi connectivity index (χ1) is 18.3. The zero-order valence-electron chi connectivity index (χ0n) is 22.8. The van der Waals surface area contributed by atoms with Gasteiger partial charge in [-0.25, -0.2) is 0 Å². The minimum absolute atomic E-state index is 0.0922. The predicted molar refractivity (Wildman–Crippen MR) is 162 cm³/mol. The zero-order chi connectivity index (χ0) is 28.3. The largest absolute Gasteiger partial charge is 0.493 e. The van der Waals surface area contributed by atoms with Gasteiger partial charge in [0, 0.05) is 56.9 Å². The number of rotatable bonds is 5. The van der Waals surface area contributed by atoms with Crippen LogP contribution in [0.15, 0.2) is 52.9 Å². The van der Waals surface area contributed by atoms with E-state index in [9.17, 15) is 9.59 Å². The fourth-order valence-corrected chi connectivity index (χ4v) is 7.30. The number of hydrogen-bond donors (Lipinski definition) is 1. The third-order valence-corrected chi connectivity index (χ3v) is 9.08. The van der Waals surface area contributed by atoms with Crippen molar-refractivity contribution < 1.29 is 19.1 Å². The summed E-state index contributed by atoms with van der Waals surface area (Å²) in [7, 11) is 1.59. The van der Waals surface area contributed by atoms with Crippen LogP contribution in [0.5, 0.6) is 11.5 Å². The van der Waals surface area contributed by atoms with Gasteiger partial charge in [-0.2, -0.15) is 0 Å². The van der Waals surface area contributed by atoms with Gasteiger partial charge in [0.25, 0.3) is 0 Å². The van der Waals surface area contributed by atoms with Crippen molar-refractivity contribution in [3.8, 4) is 11.5 Å². The van der Waals surface area contributed by atoms with Gasteiger partial charge in [-0.15, -0.1) is 0 Å². The van der Waals surface area contributed by atoms with Crippen molar-refractivity contribution in [2.24, 2.45) is 10.8 Å². The van der Waals surface area contributed by atoms with E-state index in [4.69, 9.17) is 32.7 Å². The van der Waals surface area contributed by atoms with Crippen LogP contribution in [0.2, 0.25) is 10.0 Å². The van der Waals surface area contributed by atoms with Crippen LogP contribution in [-0.4, -0.2) is 18.7 Å². The number of hydrogen-bond acceptors (Lipinski definition) is 5. The molecule has 206 valence electrons. The van der Waals surface area contributed by atoms with Gasteiger partial charge in [0.05, 0.1) is 10.7 Å².